The highest BCUT2D eigenvalue weighted by Gasteiger charge is 2.25. The average molecular weight is 377 g/mol. The van der Waals surface area contributed by atoms with Gasteiger partial charge in [0.15, 0.2) is 0 Å². The van der Waals surface area contributed by atoms with E-state index in [0.29, 0.717) is 5.02 Å². The Morgan fingerprint density at radius 1 is 1.19 bits per heavy atom. The molecule has 3 rings (SSSR count). The first-order valence-electron chi connectivity index (χ1n) is 9.00. The minimum Gasteiger partial charge on any atom is -0.490 e. The molecule has 140 valence electrons. The Morgan fingerprint density at radius 3 is 2.62 bits per heavy atom. The number of halogens is 1. The molecule has 1 aromatic heterocycles. The topological polar surface area (TPSA) is 60.5 Å². The van der Waals surface area contributed by atoms with Crippen LogP contribution in [-0.2, 0) is 4.74 Å². The minimum absolute atomic E-state index is 0.139. The van der Waals surface area contributed by atoms with E-state index < -0.39 is 5.60 Å². The molecular formula is C20H25ClN2O3. The zero-order valence-corrected chi connectivity index (χ0v) is 16.2. The second-order valence-electron chi connectivity index (χ2n) is 7.71. The summed E-state index contributed by atoms with van der Waals surface area (Å²) in [4.78, 5) is 16.2. The van der Waals surface area contributed by atoms with Crippen LogP contribution in [0.2, 0.25) is 5.02 Å². The van der Waals surface area contributed by atoms with Crippen molar-refractivity contribution < 1.29 is 14.3 Å². The second kappa shape index (κ2) is 7.70. The zero-order chi connectivity index (χ0) is 18.7. The van der Waals surface area contributed by atoms with E-state index in [2.05, 4.69) is 10.3 Å². The third-order valence-electron chi connectivity index (χ3n) is 4.36. The third kappa shape index (κ3) is 5.01. The average Bonchev–Trinajstić information content (AvgIpc) is 2.56. The Labute approximate surface area is 159 Å². The minimum atomic E-state index is -0.476. The molecule has 0 unspecified atom stereocenters. The molecule has 1 saturated carbocycles. The number of carbonyl (C=O) groups is 1. The highest BCUT2D eigenvalue weighted by Crippen LogP contribution is 2.29. The first kappa shape index (κ1) is 18.8. The van der Waals surface area contributed by atoms with Crippen molar-refractivity contribution >= 4 is 28.6 Å². The number of hydrogen-bond donors (Lipinski definition) is 1. The summed E-state index contributed by atoms with van der Waals surface area (Å²) in [7, 11) is 0. The van der Waals surface area contributed by atoms with Crippen LogP contribution >= 0.6 is 11.6 Å². The molecule has 0 radical (unpaired) electrons. The molecule has 5 nitrogen and oxygen atoms in total. The van der Waals surface area contributed by atoms with Gasteiger partial charge in [0.1, 0.15) is 11.4 Å². The molecule has 0 bridgehead atoms. The summed E-state index contributed by atoms with van der Waals surface area (Å²) in [6.45, 7) is 5.59. The number of alkyl carbamates (subject to hydrolysis) is 1. The monoisotopic (exact) mass is 376 g/mol. The highest BCUT2D eigenvalue weighted by molar-refractivity contribution is 6.35. The quantitative estimate of drug-likeness (QED) is 0.809. The lowest BCUT2D eigenvalue weighted by Gasteiger charge is -2.30. The number of benzene rings is 1. The number of hydrogen-bond acceptors (Lipinski definition) is 4. The van der Waals surface area contributed by atoms with Gasteiger partial charge in [-0.1, -0.05) is 11.6 Å². The SMILES string of the molecule is CC(C)(C)OC(=O)N[C@H]1CC[C@H](Oc2ccc3nccc(Cl)c3c2)CC1. The number of amides is 1. The molecular weight excluding hydrogens is 352 g/mol. The fourth-order valence-electron chi connectivity index (χ4n) is 3.16. The first-order valence-corrected chi connectivity index (χ1v) is 9.38. The number of nitrogens with one attached hydrogen (secondary N) is 1. The molecule has 1 aliphatic rings. The standard InChI is InChI=1S/C20H25ClN2O3/c1-20(2,3)26-19(24)23-13-4-6-14(7-5-13)25-15-8-9-18-16(12-15)17(21)10-11-22-18/h8-14H,4-7H2,1-3H3,(H,23,24)/t13-,14-. The molecule has 0 aliphatic heterocycles. The lowest BCUT2D eigenvalue weighted by molar-refractivity contribution is 0.0471. The predicted molar refractivity (Wildman–Crippen MR) is 103 cm³/mol. The van der Waals surface area contributed by atoms with Crippen molar-refractivity contribution in [2.75, 3.05) is 0 Å². The number of fused-ring (bicyclic) bond motifs is 1. The summed E-state index contributed by atoms with van der Waals surface area (Å²) in [5, 5.41) is 4.52. The van der Waals surface area contributed by atoms with Gasteiger partial charge in [-0.2, -0.15) is 0 Å². The van der Waals surface area contributed by atoms with Crippen LogP contribution < -0.4 is 10.1 Å². The van der Waals surface area contributed by atoms with Crippen LogP contribution in [0.1, 0.15) is 46.5 Å². The summed E-state index contributed by atoms with van der Waals surface area (Å²) in [5.74, 6) is 0.802. The van der Waals surface area contributed by atoms with Gasteiger partial charge < -0.3 is 14.8 Å². The molecule has 1 amide bonds. The maximum atomic E-state index is 11.9. The fraction of sp³-hybridized carbons (Fsp3) is 0.500. The molecule has 26 heavy (non-hydrogen) atoms. The van der Waals surface area contributed by atoms with Gasteiger partial charge in [-0.15, -0.1) is 0 Å². The molecule has 6 heteroatoms. The fourth-order valence-corrected chi connectivity index (χ4v) is 3.36. The van der Waals surface area contributed by atoms with E-state index >= 15 is 0 Å². The number of rotatable bonds is 3. The van der Waals surface area contributed by atoms with E-state index in [1.807, 2.05) is 39.0 Å². The van der Waals surface area contributed by atoms with Crippen molar-refractivity contribution in [1.29, 1.82) is 0 Å². The molecule has 1 aromatic carbocycles. The van der Waals surface area contributed by atoms with Crippen LogP contribution in [0.5, 0.6) is 5.75 Å². The number of carbonyl (C=O) groups excluding carboxylic acids is 1. The van der Waals surface area contributed by atoms with Gasteiger partial charge in [-0.05, 0) is 70.7 Å². The van der Waals surface area contributed by atoms with Gasteiger partial charge >= 0.3 is 6.09 Å². The van der Waals surface area contributed by atoms with E-state index in [1.54, 1.807) is 12.3 Å². The number of pyridine rings is 1. The number of nitrogens with zero attached hydrogens (tertiary/aromatic N) is 1. The van der Waals surface area contributed by atoms with Gasteiger partial charge in [-0.25, -0.2) is 4.79 Å². The molecule has 0 spiro atoms. The predicted octanol–water partition coefficient (Wildman–Crippen LogP) is 5.10. The molecule has 0 atom stereocenters. The summed E-state index contributed by atoms with van der Waals surface area (Å²) < 4.78 is 11.4. The number of aromatic nitrogens is 1. The van der Waals surface area contributed by atoms with Crippen LogP contribution in [-0.4, -0.2) is 28.8 Å². The Morgan fingerprint density at radius 2 is 1.92 bits per heavy atom. The summed E-state index contributed by atoms with van der Waals surface area (Å²) in [6, 6.07) is 7.71. The molecule has 1 heterocycles. The lowest BCUT2D eigenvalue weighted by Crippen LogP contribution is -2.42. The van der Waals surface area contributed by atoms with Crippen molar-refractivity contribution in [1.82, 2.24) is 10.3 Å². The van der Waals surface area contributed by atoms with Crippen molar-refractivity contribution in [2.45, 2.75) is 64.2 Å². The normalized spacial score (nSPS) is 20.6. The van der Waals surface area contributed by atoms with E-state index in [0.717, 1.165) is 42.3 Å². The van der Waals surface area contributed by atoms with Crippen molar-refractivity contribution in [3.63, 3.8) is 0 Å². The summed E-state index contributed by atoms with van der Waals surface area (Å²) >= 11 is 6.24. The van der Waals surface area contributed by atoms with Crippen LogP contribution in [0.25, 0.3) is 10.9 Å². The van der Waals surface area contributed by atoms with E-state index in [-0.39, 0.29) is 18.2 Å². The Balaban J connectivity index is 1.53. The van der Waals surface area contributed by atoms with E-state index in [1.165, 1.54) is 0 Å². The highest BCUT2D eigenvalue weighted by atomic mass is 35.5. The van der Waals surface area contributed by atoms with Gasteiger partial charge in [0.05, 0.1) is 16.6 Å². The van der Waals surface area contributed by atoms with Crippen LogP contribution in [0.4, 0.5) is 4.79 Å². The van der Waals surface area contributed by atoms with Gasteiger partial charge in [0.25, 0.3) is 0 Å². The molecule has 1 fully saturated rings. The van der Waals surface area contributed by atoms with Crippen molar-refractivity contribution in [2.24, 2.45) is 0 Å². The molecule has 1 N–H and O–H groups in total. The lowest BCUT2D eigenvalue weighted by atomic mass is 9.93. The smallest absolute Gasteiger partial charge is 0.407 e. The second-order valence-corrected chi connectivity index (χ2v) is 8.12. The Bertz CT molecular complexity index is 780. The van der Waals surface area contributed by atoms with Crippen LogP contribution in [0.15, 0.2) is 30.5 Å². The van der Waals surface area contributed by atoms with Gasteiger partial charge in [0.2, 0.25) is 0 Å². The van der Waals surface area contributed by atoms with Crippen molar-refractivity contribution in [3.05, 3.63) is 35.5 Å². The van der Waals surface area contributed by atoms with Crippen LogP contribution in [0, 0.1) is 0 Å². The Kier molecular flexibility index (Phi) is 5.56. The third-order valence-corrected chi connectivity index (χ3v) is 4.69. The number of ether oxygens (including phenoxy) is 2. The molecule has 2 aromatic rings. The largest absolute Gasteiger partial charge is 0.490 e. The first-order chi connectivity index (χ1) is 12.3. The Hall–Kier alpha value is -2.01. The maximum absolute atomic E-state index is 11.9. The van der Waals surface area contributed by atoms with Gasteiger partial charge in [-0.3, -0.25) is 4.98 Å². The molecule has 1 aliphatic carbocycles. The summed E-state index contributed by atoms with van der Waals surface area (Å²) in [5.41, 5.74) is 0.381. The van der Waals surface area contributed by atoms with E-state index in [9.17, 15) is 4.79 Å². The van der Waals surface area contributed by atoms with Crippen molar-refractivity contribution in [3.8, 4) is 5.75 Å². The van der Waals surface area contributed by atoms with Crippen LogP contribution in [0.3, 0.4) is 0 Å². The zero-order valence-electron chi connectivity index (χ0n) is 15.4. The molecule has 0 saturated heterocycles. The van der Waals surface area contributed by atoms with Gasteiger partial charge in [0, 0.05) is 17.6 Å². The maximum Gasteiger partial charge on any atom is 0.407 e. The van der Waals surface area contributed by atoms with E-state index in [4.69, 9.17) is 21.1 Å². The summed E-state index contributed by atoms with van der Waals surface area (Å²) in [6.07, 6.45) is 5.01.